The molecule has 1 saturated heterocycles. The summed E-state index contributed by atoms with van der Waals surface area (Å²) in [6.45, 7) is 9.88. The van der Waals surface area contributed by atoms with Gasteiger partial charge < -0.3 is 15.5 Å². The van der Waals surface area contributed by atoms with Gasteiger partial charge in [0.2, 0.25) is 0 Å². The quantitative estimate of drug-likeness (QED) is 0.275. The summed E-state index contributed by atoms with van der Waals surface area (Å²) < 4.78 is 0. The van der Waals surface area contributed by atoms with Gasteiger partial charge in [-0.3, -0.25) is 14.9 Å². The Balaban J connectivity index is 1.85. The van der Waals surface area contributed by atoms with E-state index < -0.39 is 4.92 Å². The molecule has 1 aliphatic rings. The Morgan fingerprint density at radius 3 is 2.78 bits per heavy atom. The first kappa shape index (κ1) is 21.7. The number of piperazine rings is 1. The van der Waals surface area contributed by atoms with E-state index in [0.717, 1.165) is 51.3 Å². The molecule has 1 aromatic rings. The molecule has 2 N–H and O–H groups in total. The van der Waals surface area contributed by atoms with Crippen molar-refractivity contribution in [2.75, 3.05) is 45.0 Å². The average Bonchev–Trinajstić information content (AvgIpc) is 2.65. The maximum Gasteiger partial charge on any atom is 0.283 e. The largest absolute Gasteiger partial charge is 0.352 e. The summed E-state index contributed by atoms with van der Waals surface area (Å²) in [5.41, 5.74) is 0.356. The summed E-state index contributed by atoms with van der Waals surface area (Å²) in [6.07, 6.45) is 1.87. The molecule has 0 atom stereocenters. The lowest BCUT2D eigenvalue weighted by molar-refractivity contribution is -0.387. The van der Waals surface area contributed by atoms with Crippen molar-refractivity contribution < 1.29 is 9.72 Å². The van der Waals surface area contributed by atoms with E-state index in [-0.39, 0.29) is 11.6 Å². The van der Waals surface area contributed by atoms with Crippen LogP contribution in [-0.4, -0.2) is 60.8 Å². The monoisotopic (exact) mass is 394 g/mol. The fourth-order valence-electron chi connectivity index (χ4n) is 2.87. The average molecular weight is 395 g/mol. The van der Waals surface area contributed by atoms with E-state index in [1.807, 2.05) is 0 Å². The third kappa shape index (κ3) is 7.48. The molecule has 0 aliphatic carbocycles. The standard InChI is InChI=1S/C19H30N4O3S/c1-15(2)6-13-27-18-5-4-16(14-17(18)23(25)26)19(24)21-7-3-10-22-11-8-20-9-12-22/h4-5,14-15,20H,3,6-13H2,1-2H3,(H,21,24). The van der Waals surface area contributed by atoms with Gasteiger partial charge in [0.05, 0.1) is 9.82 Å². The van der Waals surface area contributed by atoms with Gasteiger partial charge in [-0.1, -0.05) is 13.8 Å². The maximum atomic E-state index is 12.3. The van der Waals surface area contributed by atoms with E-state index in [4.69, 9.17) is 0 Å². The minimum Gasteiger partial charge on any atom is -0.352 e. The highest BCUT2D eigenvalue weighted by atomic mass is 32.2. The Labute approximate surface area is 165 Å². The second-order valence-corrected chi connectivity index (χ2v) is 8.31. The number of nitro groups is 1. The number of hydrogen-bond donors (Lipinski definition) is 2. The summed E-state index contributed by atoms with van der Waals surface area (Å²) in [7, 11) is 0. The lowest BCUT2D eigenvalue weighted by Crippen LogP contribution is -2.44. The number of nitro benzene ring substituents is 1. The molecular weight excluding hydrogens is 364 g/mol. The highest BCUT2D eigenvalue weighted by molar-refractivity contribution is 7.99. The number of benzene rings is 1. The molecule has 0 spiro atoms. The van der Waals surface area contributed by atoms with Gasteiger partial charge in [0.15, 0.2) is 0 Å². The Kier molecular flexibility index (Phi) is 9.03. The minimum atomic E-state index is -0.404. The summed E-state index contributed by atoms with van der Waals surface area (Å²) in [6, 6.07) is 4.76. The second kappa shape index (κ2) is 11.3. The van der Waals surface area contributed by atoms with Crippen LogP contribution in [0.2, 0.25) is 0 Å². The molecule has 27 heavy (non-hydrogen) atoms. The van der Waals surface area contributed by atoms with Crippen LogP contribution in [0.25, 0.3) is 0 Å². The third-order valence-electron chi connectivity index (χ3n) is 4.52. The number of rotatable bonds is 10. The van der Waals surface area contributed by atoms with Crippen molar-refractivity contribution in [2.24, 2.45) is 5.92 Å². The SMILES string of the molecule is CC(C)CCSc1ccc(C(=O)NCCCN2CCNCC2)cc1[N+](=O)[O-]. The Hall–Kier alpha value is -1.64. The third-order valence-corrected chi connectivity index (χ3v) is 5.61. The van der Waals surface area contributed by atoms with E-state index in [1.165, 1.54) is 17.8 Å². The number of thioether (sulfide) groups is 1. The normalized spacial score (nSPS) is 15.1. The van der Waals surface area contributed by atoms with Crippen molar-refractivity contribution in [3.05, 3.63) is 33.9 Å². The van der Waals surface area contributed by atoms with E-state index in [9.17, 15) is 14.9 Å². The van der Waals surface area contributed by atoms with Gasteiger partial charge in [-0.25, -0.2) is 0 Å². The van der Waals surface area contributed by atoms with E-state index in [0.29, 0.717) is 22.9 Å². The summed E-state index contributed by atoms with van der Waals surface area (Å²) >= 11 is 1.48. The van der Waals surface area contributed by atoms with Gasteiger partial charge in [0.1, 0.15) is 0 Å². The van der Waals surface area contributed by atoms with Crippen LogP contribution in [0, 0.1) is 16.0 Å². The van der Waals surface area contributed by atoms with Crippen molar-refractivity contribution in [1.82, 2.24) is 15.5 Å². The van der Waals surface area contributed by atoms with Crippen molar-refractivity contribution in [3.8, 4) is 0 Å². The number of nitrogens with one attached hydrogen (secondary N) is 2. The van der Waals surface area contributed by atoms with Gasteiger partial charge in [-0.15, -0.1) is 11.8 Å². The van der Waals surface area contributed by atoms with E-state index in [1.54, 1.807) is 12.1 Å². The van der Waals surface area contributed by atoms with Gasteiger partial charge in [0, 0.05) is 44.4 Å². The summed E-state index contributed by atoms with van der Waals surface area (Å²) in [5, 5.41) is 17.6. The van der Waals surface area contributed by atoms with Crippen molar-refractivity contribution in [1.29, 1.82) is 0 Å². The Morgan fingerprint density at radius 2 is 2.11 bits per heavy atom. The lowest BCUT2D eigenvalue weighted by atomic mass is 10.2. The zero-order chi connectivity index (χ0) is 19.6. The number of nitrogens with zero attached hydrogens (tertiary/aromatic N) is 2. The highest BCUT2D eigenvalue weighted by Crippen LogP contribution is 2.31. The molecule has 150 valence electrons. The van der Waals surface area contributed by atoms with Crippen LogP contribution < -0.4 is 10.6 Å². The number of carbonyl (C=O) groups excluding carboxylic acids is 1. The van der Waals surface area contributed by atoms with Crippen LogP contribution in [0.4, 0.5) is 5.69 Å². The van der Waals surface area contributed by atoms with Gasteiger partial charge in [0.25, 0.3) is 11.6 Å². The van der Waals surface area contributed by atoms with Gasteiger partial charge in [-0.2, -0.15) is 0 Å². The highest BCUT2D eigenvalue weighted by Gasteiger charge is 2.18. The molecule has 1 heterocycles. The first-order chi connectivity index (χ1) is 13.0. The first-order valence-electron chi connectivity index (χ1n) is 9.60. The van der Waals surface area contributed by atoms with Crippen LogP contribution in [0.15, 0.2) is 23.1 Å². The first-order valence-corrected chi connectivity index (χ1v) is 10.6. The van der Waals surface area contributed by atoms with E-state index >= 15 is 0 Å². The second-order valence-electron chi connectivity index (χ2n) is 7.17. The molecular formula is C19H30N4O3S. The minimum absolute atomic E-state index is 0.0113. The smallest absolute Gasteiger partial charge is 0.283 e. The fraction of sp³-hybridized carbons (Fsp3) is 0.632. The summed E-state index contributed by atoms with van der Waals surface area (Å²) in [4.78, 5) is 26.3. The molecule has 1 aliphatic heterocycles. The number of amides is 1. The van der Waals surface area contributed by atoms with Crippen LogP contribution in [0.1, 0.15) is 37.0 Å². The number of carbonyl (C=O) groups is 1. The fourth-order valence-corrected chi connectivity index (χ4v) is 4.12. The van der Waals surface area contributed by atoms with E-state index in [2.05, 4.69) is 29.4 Å². The molecule has 8 heteroatoms. The van der Waals surface area contributed by atoms with Gasteiger partial charge >= 0.3 is 0 Å². The Bertz CT molecular complexity index is 633. The molecule has 0 unspecified atom stereocenters. The molecule has 0 saturated carbocycles. The predicted molar refractivity (Wildman–Crippen MR) is 110 cm³/mol. The zero-order valence-corrected chi connectivity index (χ0v) is 17.0. The molecule has 7 nitrogen and oxygen atoms in total. The van der Waals surface area contributed by atoms with Crippen LogP contribution in [0.5, 0.6) is 0 Å². The molecule has 0 aromatic heterocycles. The van der Waals surface area contributed by atoms with Crippen molar-refractivity contribution >= 4 is 23.4 Å². The molecule has 2 rings (SSSR count). The molecule has 1 aromatic carbocycles. The molecule has 1 fully saturated rings. The molecule has 1 amide bonds. The Morgan fingerprint density at radius 1 is 1.37 bits per heavy atom. The number of hydrogen-bond acceptors (Lipinski definition) is 6. The predicted octanol–water partition coefficient (Wildman–Crippen LogP) is 2.76. The topological polar surface area (TPSA) is 87.5 Å². The maximum absolute atomic E-state index is 12.3. The van der Waals surface area contributed by atoms with Gasteiger partial charge in [-0.05, 0) is 43.2 Å². The lowest BCUT2D eigenvalue weighted by Gasteiger charge is -2.27. The van der Waals surface area contributed by atoms with Crippen molar-refractivity contribution in [2.45, 2.75) is 31.6 Å². The summed E-state index contributed by atoms with van der Waals surface area (Å²) in [5.74, 6) is 1.13. The molecule has 0 radical (unpaired) electrons. The molecule has 0 bridgehead atoms. The zero-order valence-electron chi connectivity index (χ0n) is 16.2. The van der Waals surface area contributed by atoms with Crippen LogP contribution in [0.3, 0.4) is 0 Å². The van der Waals surface area contributed by atoms with Crippen molar-refractivity contribution in [3.63, 3.8) is 0 Å². The van der Waals surface area contributed by atoms with Crippen LogP contribution >= 0.6 is 11.8 Å². The van der Waals surface area contributed by atoms with Crippen LogP contribution in [-0.2, 0) is 0 Å².